The molecule has 166 valence electrons. The van der Waals surface area contributed by atoms with Gasteiger partial charge in [0.2, 0.25) is 0 Å². The molecule has 0 bridgehead atoms. The van der Waals surface area contributed by atoms with Crippen LogP contribution >= 0.6 is 11.6 Å². The van der Waals surface area contributed by atoms with Crippen molar-refractivity contribution in [2.75, 3.05) is 31.6 Å². The summed E-state index contributed by atoms with van der Waals surface area (Å²) in [5, 5.41) is 4.26. The van der Waals surface area contributed by atoms with Gasteiger partial charge in [-0.25, -0.2) is 4.98 Å². The molecule has 32 heavy (non-hydrogen) atoms. The Morgan fingerprint density at radius 2 is 2.16 bits per heavy atom. The maximum absolute atomic E-state index is 6.37. The lowest BCUT2D eigenvalue weighted by Gasteiger charge is -2.19. The minimum absolute atomic E-state index is 0.476. The molecule has 7 heteroatoms. The smallest absolute Gasteiger partial charge is 0.139 e. The molecule has 6 nitrogen and oxygen atoms in total. The van der Waals surface area contributed by atoms with Crippen LogP contribution in [0, 0.1) is 6.92 Å². The molecule has 1 atom stereocenters. The van der Waals surface area contributed by atoms with Crippen LogP contribution in [-0.2, 0) is 0 Å². The zero-order chi connectivity index (χ0) is 22.1. The van der Waals surface area contributed by atoms with Crippen LogP contribution in [0.2, 0.25) is 5.02 Å². The van der Waals surface area contributed by atoms with E-state index in [0.717, 1.165) is 67.1 Å². The second-order valence-electron chi connectivity index (χ2n) is 8.48. The van der Waals surface area contributed by atoms with Crippen LogP contribution in [0.25, 0.3) is 16.9 Å². The van der Waals surface area contributed by atoms with Gasteiger partial charge in [0.25, 0.3) is 0 Å². The number of methoxy groups -OCH3 is 1. The number of rotatable bonds is 6. The zero-order valence-electron chi connectivity index (χ0n) is 18.5. The van der Waals surface area contributed by atoms with Crippen molar-refractivity contribution in [2.24, 2.45) is 4.99 Å². The topological polar surface area (TPSA) is 54.2 Å². The molecule has 0 radical (unpaired) electrons. The summed E-state index contributed by atoms with van der Waals surface area (Å²) in [5.41, 5.74) is 6.31. The number of aromatic nitrogens is 2. The highest BCUT2D eigenvalue weighted by molar-refractivity contribution is 6.32. The minimum Gasteiger partial charge on any atom is -0.495 e. The van der Waals surface area contributed by atoms with E-state index in [1.54, 1.807) is 7.11 Å². The van der Waals surface area contributed by atoms with Crippen LogP contribution in [0.3, 0.4) is 0 Å². The third-order valence-corrected chi connectivity index (χ3v) is 6.57. The maximum Gasteiger partial charge on any atom is 0.139 e. The van der Waals surface area contributed by atoms with Crippen LogP contribution in [0.5, 0.6) is 5.75 Å². The van der Waals surface area contributed by atoms with Crippen molar-refractivity contribution in [2.45, 2.75) is 32.2 Å². The van der Waals surface area contributed by atoms with E-state index < -0.39 is 0 Å². The predicted octanol–water partition coefficient (Wildman–Crippen LogP) is 4.89. The number of imidazole rings is 1. The van der Waals surface area contributed by atoms with Gasteiger partial charge in [0.1, 0.15) is 11.4 Å². The normalized spacial score (nSPS) is 18.4. The first-order chi connectivity index (χ1) is 15.6. The summed E-state index contributed by atoms with van der Waals surface area (Å²) >= 11 is 6.37. The van der Waals surface area contributed by atoms with Gasteiger partial charge in [-0.15, -0.1) is 0 Å². The van der Waals surface area contributed by atoms with Gasteiger partial charge in [-0.05, 0) is 49.9 Å². The van der Waals surface area contributed by atoms with E-state index in [1.165, 1.54) is 5.69 Å². The number of allylic oxidation sites excluding steroid dienone is 1. The van der Waals surface area contributed by atoms with Crippen molar-refractivity contribution >= 4 is 29.2 Å². The third-order valence-electron chi connectivity index (χ3n) is 6.28. The number of hydrogen-bond acceptors (Lipinski definition) is 5. The first kappa shape index (κ1) is 21.0. The summed E-state index contributed by atoms with van der Waals surface area (Å²) in [6.45, 7) is 4.93. The largest absolute Gasteiger partial charge is 0.495 e. The fraction of sp³-hybridized carbons (Fsp3) is 0.360. The molecule has 1 fully saturated rings. The first-order valence-corrected chi connectivity index (χ1v) is 11.5. The lowest BCUT2D eigenvalue weighted by molar-refractivity contribution is 0.415. The Labute approximate surface area is 193 Å². The molecule has 0 aliphatic carbocycles. The molecule has 0 saturated carbocycles. The number of ether oxygens (including phenoxy) is 1. The molecule has 2 aromatic heterocycles. The Bertz CT molecular complexity index is 1200. The van der Waals surface area contributed by atoms with E-state index in [2.05, 4.69) is 57.1 Å². The van der Waals surface area contributed by atoms with E-state index in [1.807, 2.05) is 18.3 Å². The highest BCUT2D eigenvalue weighted by atomic mass is 35.5. The summed E-state index contributed by atoms with van der Waals surface area (Å²) in [7, 11) is 1.63. The molecule has 1 saturated heterocycles. The second kappa shape index (κ2) is 8.96. The van der Waals surface area contributed by atoms with Crippen molar-refractivity contribution in [3.05, 3.63) is 59.0 Å². The minimum atomic E-state index is 0.476. The summed E-state index contributed by atoms with van der Waals surface area (Å²) < 4.78 is 7.40. The maximum atomic E-state index is 6.37. The Morgan fingerprint density at radius 1 is 1.25 bits per heavy atom. The van der Waals surface area contributed by atoms with Crippen LogP contribution in [0.1, 0.15) is 24.8 Å². The molecule has 5 rings (SSSR count). The molecule has 1 N–H and O–H groups in total. The van der Waals surface area contributed by atoms with Crippen molar-refractivity contribution in [3.63, 3.8) is 0 Å². The Hall–Kier alpha value is -2.83. The van der Waals surface area contributed by atoms with Gasteiger partial charge >= 0.3 is 0 Å². The SMILES string of the molecule is COc1cc(C)c(-c2cn3ccc(N4CCC(NCC5=CCCC=N5)C4)cc3n2)cc1Cl. The van der Waals surface area contributed by atoms with Crippen molar-refractivity contribution in [1.82, 2.24) is 14.7 Å². The van der Waals surface area contributed by atoms with Crippen LogP contribution in [0.4, 0.5) is 5.69 Å². The number of nitrogens with zero attached hydrogens (tertiary/aromatic N) is 4. The van der Waals surface area contributed by atoms with Crippen LogP contribution in [0.15, 0.2) is 53.4 Å². The number of aryl methyl sites for hydroxylation is 1. The van der Waals surface area contributed by atoms with E-state index in [9.17, 15) is 0 Å². The lowest BCUT2D eigenvalue weighted by Crippen LogP contribution is -2.33. The molecule has 2 aliphatic heterocycles. The highest BCUT2D eigenvalue weighted by Crippen LogP contribution is 2.33. The van der Waals surface area contributed by atoms with Gasteiger partial charge < -0.3 is 19.4 Å². The lowest BCUT2D eigenvalue weighted by atomic mass is 10.1. The Kier molecular flexibility index (Phi) is 5.89. The van der Waals surface area contributed by atoms with Gasteiger partial charge in [-0.2, -0.15) is 0 Å². The fourth-order valence-electron chi connectivity index (χ4n) is 4.47. The summed E-state index contributed by atoms with van der Waals surface area (Å²) in [6, 6.07) is 8.70. The molecule has 3 aromatic rings. The number of pyridine rings is 1. The molecule has 0 amide bonds. The van der Waals surface area contributed by atoms with Gasteiger partial charge in [-0.1, -0.05) is 17.7 Å². The second-order valence-corrected chi connectivity index (χ2v) is 8.88. The van der Waals surface area contributed by atoms with E-state index in [4.69, 9.17) is 21.3 Å². The fourth-order valence-corrected chi connectivity index (χ4v) is 4.71. The highest BCUT2D eigenvalue weighted by Gasteiger charge is 2.23. The monoisotopic (exact) mass is 449 g/mol. The summed E-state index contributed by atoms with van der Waals surface area (Å²) in [5.74, 6) is 0.683. The number of halogens is 1. The number of hydrogen-bond donors (Lipinski definition) is 1. The standard InChI is InChI=1S/C25H28ClN5O/c1-17-11-24(32-2)22(26)13-21(17)23-16-31-10-7-20(12-25(31)29-23)30-9-6-19(15-30)28-14-18-5-3-4-8-27-18/h5,7-8,10-13,16,19,28H,3-4,6,9,14-15H2,1-2H3. The molecule has 2 aliphatic rings. The number of anilines is 1. The average molecular weight is 450 g/mol. The van der Waals surface area contributed by atoms with Crippen LogP contribution < -0.4 is 15.0 Å². The molecule has 0 spiro atoms. The molecule has 1 unspecified atom stereocenters. The van der Waals surface area contributed by atoms with Crippen LogP contribution in [-0.4, -0.2) is 48.4 Å². The van der Waals surface area contributed by atoms with E-state index >= 15 is 0 Å². The zero-order valence-corrected chi connectivity index (χ0v) is 19.3. The van der Waals surface area contributed by atoms with Crippen molar-refractivity contribution in [1.29, 1.82) is 0 Å². The van der Waals surface area contributed by atoms with E-state index in [-0.39, 0.29) is 0 Å². The van der Waals surface area contributed by atoms with Gasteiger partial charge in [-0.3, -0.25) is 4.99 Å². The van der Waals surface area contributed by atoms with Gasteiger partial charge in [0, 0.05) is 67.3 Å². The van der Waals surface area contributed by atoms with Gasteiger partial charge in [0.15, 0.2) is 0 Å². The van der Waals surface area contributed by atoms with E-state index in [0.29, 0.717) is 16.8 Å². The number of benzene rings is 1. The number of fused-ring (bicyclic) bond motifs is 1. The summed E-state index contributed by atoms with van der Waals surface area (Å²) in [4.78, 5) is 11.8. The van der Waals surface area contributed by atoms with Crippen molar-refractivity contribution in [3.8, 4) is 17.0 Å². The summed E-state index contributed by atoms with van der Waals surface area (Å²) in [6.07, 6.45) is 11.7. The number of nitrogens with one attached hydrogen (secondary N) is 1. The molecular weight excluding hydrogens is 422 g/mol. The Morgan fingerprint density at radius 3 is 2.97 bits per heavy atom. The predicted molar refractivity (Wildman–Crippen MR) is 131 cm³/mol. The number of aliphatic imine (C=N–C) groups is 1. The molecule has 4 heterocycles. The third kappa shape index (κ3) is 4.25. The first-order valence-electron chi connectivity index (χ1n) is 11.1. The average Bonchev–Trinajstić information content (AvgIpc) is 3.46. The Balaban J connectivity index is 1.31. The quantitative estimate of drug-likeness (QED) is 0.582. The molecular formula is C25H28ClN5O. The van der Waals surface area contributed by atoms with Crippen molar-refractivity contribution < 1.29 is 4.74 Å². The van der Waals surface area contributed by atoms with Gasteiger partial charge in [0.05, 0.1) is 17.8 Å². The molecule has 1 aromatic carbocycles.